The number of halogens is 3. The predicted molar refractivity (Wildman–Crippen MR) is 70.5 cm³/mol. The number of rotatable bonds is 2. The van der Waals surface area contributed by atoms with Crippen molar-refractivity contribution in [1.82, 2.24) is 0 Å². The van der Waals surface area contributed by atoms with Crippen LogP contribution in [0.15, 0.2) is 12.1 Å². The zero-order chi connectivity index (χ0) is 14.2. The molecule has 1 N–H and O–H groups in total. The highest BCUT2D eigenvalue weighted by molar-refractivity contribution is 5.46. The Morgan fingerprint density at radius 2 is 1.68 bits per heavy atom. The van der Waals surface area contributed by atoms with Gasteiger partial charge in [0.2, 0.25) is 0 Å². The first kappa shape index (κ1) is 14.2. The van der Waals surface area contributed by atoms with Crippen LogP contribution >= 0.6 is 0 Å². The highest BCUT2D eigenvalue weighted by Gasteiger charge is 2.32. The standard InChI is InChI=1S/C15H20F3N/c1-9-4-10(8-15(2,3)7-9)19-14-6-12(17)11(16)5-13(14)18/h5-6,9-10,19H,4,7-8H2,1-3H3. The Labute approximate surface area is 112 Å². The number of hydrogen-bond donors (Lipinski definition) is 1. The minimum atomic E-state index is -1.15. The van der Waals surface area contributed by atoms with E-state index in [-0.39, 0.29) is 17.1 Å². The van der Waals surface area contributed by atoms with E-state index in [9.17, 15) is 13.2 Å². The molecule has 1 aliphatic carbocycles. The van der Waals surface area contributed by atoms with Crippen molar-refractivity contribution in [1.29, 1.82) is 0 Å². The summed E-state index contributed by atoms with van der Waals surface area (Å²) in [6, 6.07) is 1.59. The first-order chi connectivity index (χ1) is 8.77. The van der Waals surface area contributed by atoms with E-state index < -0.39 is 17.5 Å². The minimum Gasteiger partial charge on any atom is -0.380 e. The first-order valence-corrected chi connectivity index (χ1v) is 6.68. The van der Waals surface area contributed by atoms with Crippen LogP contribution < -0.4 is 5.32 Å². The molecule has 0 spiro atoms. The minimum absolute atomic E-state index is 0.0498. The number of nitrogens with one attached hydrogen (secondary N) is 1. The molecule has 0 heterocycles. The summed E-state index contributed by atoms with van der Waals surface area (Å²) < 4.78 is 39.6. The second kappa shape index (κ2) is 5.06. The number of anilines is 1. The SMILES string of the molecule is CC1CC(Nc2cc(F)c(F)cc2F)CC(C)(C)C1. The molecule has 1 aromatic carbocycles. The van der Waals surface area contributed by atoms with E-state index in [0.717, 1.165) is 25.3 Å². The third-order valence-corrected chi connectivity index (χ3v) is 3.76. The van der Waals surface area contributed by atoms with Crippen molar-refractivity contribution >= 4 is 5.69 Å². The van der Waals surface area contributed by atoms with Crippen LogP contribution in [-0.2, 0) is 0 Å². The Morgan fingerprint density at radius 3 is 2.32 bits per heavy atom. The van der Waals surface area contributed by atoms with Gasteiger partial charge in [0.1, 0.15) is 5.82 Å². The van der Waals surface area contributed by atoms with Crippen LogP contribution in [0.25, 0.3) is 0 Å². The molecule has 1 fully saturated rings. The second-order valence-corrected chi connectivity index (χ2v) is 6.50. The molecular weight excluding hydrogens is 251 g/mol. The van der Waals surface area contributed by atoms with E-state index in [0.29, 0.717) is 12.0 Å². The van der Waals surface area contributed by atoms with Crippen molar-refractivity contribution in [2.75, 3.05) is 5.32 Å². The predicted octanol–water partition coefficient (Wildman–Crippen LogP) is 4.73. The van der Waals surface area contributed by atoms with Gasteiger partial charge in [0.15, 0.2) is 11.6 Å². The topological polar surface area (TPSA) is 12.0 Å². The average molecular weight is 271 g/mol. The van der Waals surface area contributed by atoms with Crippen molar-refractivity contribution in [3.05, 3.63) is 29.6 Å². The Bertz CT molecular complexity index is 471. The van der Waals surface area contributed by atoms with Gasteiger partial charge in [-0.2, -0.15) is 0 Å². The maximum atomic E-state index is 13.6. The molecule has 1 aliphatic rings. The molecule has 0 bridgehead atoms. The molecule has 0 aliphatic heterocycles. The fraction of sp³-hybridized carbons (Fsp3) is 0.600. The fourth-order valence-electron chi connectivity index (χ4n) is 3.31. The average Bonchev–Trinajstić information content (AvgIpc) is 2.22. The second-order valence-electron chi connectivity index (χ2n) is 6.50. The molecule has 0 saturated heterocycles. The van der Waals surface area contributed by atoms with Gasteiger partial charge in [-0.3, -0.25) is 0 Å². The smallest absolute Gasteiger partial charge is 0.161 e. The van der Waals surface area contributed by atoms with Crippen LogP contribution in [0.1, 0.15) is 40.0 Å². The van der Waals surface area contributed by atoms with Gasteiger partial charge in [-0.1, -0.05) is 20.8 Å². The zero-order valence-corrected chi connectivity index (χ0v) is 11.6. The van der Waals surface area contributed by atoms with Crippen LogP contribution in [0.5, 0.6) is 0 Å². The van der Waals surface area contributed by atoms with E-state index in [2.05, 4.69) is 26.1 Å². The van der Waals surface area contributed by atoms with Gasteiger partial charge in [0.25, 0.3) is 0 Å². The lowest BCUT2D eigenvalue weighted by atomic mass is 9.70. The highest BCUT2D eigenvalue weighted by atomic mass is 19.2. The highest BCUT2D eigenvalue weighted by Crippen LogP contribution is 2.39. The van der Waals surface area contributed by atoms with E-state index in [4.69, 9.17) is 0 Å². The van der Waals surface area contributed by atoms with E-state index in [1.165, 1.54) is 0 Å². The normalized spacial score (nSPS) is 26.2. The summed E-state index contributed by atoms with van der Waals surface area (Å²) in [5, 5.41) is 3.02. The van der Waals surface area contributed by atoms with Crippen LogP contribution in [0, 0.1) is 28.8 Å². The maximum absolute atomic E-state index is 13.6. The van der Waals surface area contributed by atoms with Crippen LogP contribution in [-0.4, -0.2) is 6.04 Å². The molecule has 2 atom stereocenters. The summed E-state index contributed by atoms with van der Waals surface area (Å²) in [5.41, 5.74) is 0.235. The Hall–Kier alpha value is -1.19. The Balaban J connectivity index is 2.15. The van der Waals surface area contributed by atoms with Crippen molar-refractivity contribution in [2.45, 2.75) is 46.1 Å². The van der Waals surface area contributed by atoms with Gasteiger partial charge < -0.3 is 5.32 Å². The molecule has 2 unspecified atom stereocenters. The Kier molecular flexibility index (Phi) is 3.79. The summed E-state index contributed by atoms with van der Waals surface area (Å²) in [4.78, 5) is 0. The quantitative estimate of drug-likeness (QED) is 0.767. The molecule has 2 rings (SSSR count). The third kappa shape index (κ3) is 3.43. The van der Waals surface area contributed by atoms with Gasteiger partial charge >= 0.3 is 0 Å². The van der Waals surface area contributed by atoms with Crippen molar-refractivity contribution in [3.8, 4) is 0 Å². The van der Waals surface area contributed by atoms with Crippen LogP contribution in [0.4, 0.5) is 18.9 Å². The monoisotopic (exact) mass is 271 g/mol. The fourth-order valence-corrected chi connectivity index (χ4v) is 3.31. The number of hydrogen-bond acceptors (Lipinski definition) is 1. The molecule has 1 saturated carbocycles. The van der Waals surface area contributed by atoms with Crippen LogP contribution in [0.2, 0.25) is 0 Å². The first-order valence-electron chi connectivity index (χ1n) is 6.68. The third-order valence-electron chi connectivity index (χ3n) is 3.76. The van der Waals surface area contributed by atoms with E-state index in [1.54, 1.807) is 0 Å². The lowest BCUT2D eigenvalue weighted by molar-refractivity contribution is 0.177. The summed E-state index contributed by atoms with van der Waals surface area (Å²) in [5.74, 6) is -2.38. The van der Waals surface area contributed by atoms with Gasteiger partial charge in [-0.05, 0) is 30.6 Å². The Morgan fingerprint density at radius 1 is 1.05 bits per heavy atom. The molecule has 1 nitrogen and oxygen atoms in total. The summed E-state index contributed by atoms with van der Waals surface area (Å²) >= 11 is 0. The molecule has 0 radical (unpaired) electrons. The molecule has 106 valence electrons. The van der Waals surface area contributed by atoms with Crippen molar-refractivity contribution in [2.24, 2.45) is 11.3 Å². The van der Waals surface area contributed by atoms with Crippen LogP contribution in [0.3, 0.4) is 0 Å². The van der Waals surface area contributed by atoms with E-state index in [1.807, 2.05) is 0 Å². The largest absolute Gasteiger partial charge is 0.380 e. The van der Waals surface area contributed by atoms with Gasteiger partial charge in [0, 0.05) is 18.2 Å². The summed E-state index contributed by atoms with van der Waals surface area (Å²) in [6.45, 7) is 6.52. The molecular formula is C15H20F3N. The summed E-state index contributed by atoms with van der Waals surface area (Å²) in [7, 11) is 0. The van der Waals surface area contributed by atoms with Gasteiger partial charge in [0.05, 0.1) is 5.69 Å². The van der Waals surface area contributed by atoms with Gasteiger partial charge in [-0.25, -0.2) is 13.2 Å². The molecule has 4 heteroatoms. The van der Waals surface area contributed by atoms with Gasteiger partial charge in [-0.15, -0.1) is 0 Å². The zero-order valence-electron chi connectivity index (χ0n) is 11.6. The molecule has 1 aromatic rings. The van der Waals surface area contributed by atoms with Crippen molar-refractivity contribution < 1.29 is 13.2 Å². The van der Waals surface area contributed by atoms with Crippen molar-refractivity contribution in [3.63, 3.8) is 0 Å². The van der Waals surface area contributed by atoms with E-state index >= 15 is 0 Å². The molecule has 0 aromatic heterocycles. The lowest BCUT2D eigenvalue weighted by Crippen LogP contribution is -2.35. The molecule has 0 amide bonds. The maximum Gasteiger partial charge on any atom is 0.161 e. The molecule has 19 heavy (non-hydrogen) atoms. The lowest BCUT2D eigenvalue weighted by Gasteiger charge is -2.39. The summed E-state index contributed by atoms with van der Waals surface area (Å²) in [6.07, 6.45) is 2.95. The number of benzene rings is 1.